The van der Waals surface area contributed by atoms with Gasteiger partial charge >= 0.3 is 5.97 Å². The first-order valence-corrected chi connectivity index (χ1v) is 5.31. The maximum Gasteiger partial charge on any atom is 0.303 e. The van der Waals surface area contributed by atoms with E-state index in [0.717, 1.165) is 16.8 Å². The summed E-state index contributed by atoms with van der Waals surface area (Å²) in [5.74, 6) is -0.797. The largest absolute Gasteiger partial charge is 0.481 e. The van der Waals surface area contributed by atoms with Gasteiger partial charge in [-0.25, -0.2) is 0 Å². The molecule has 0 saturated heterocycles. The third kappa shape index (κ3) is 2.69. The van der Waals surface area contributed by atoms with Crippen LogP contribution in [0, 0.1) is 0 Å². The summed E-state index contributed by atoms with van der Waals surface area (Å²) < 4.78 is 1.70. The van der Waals surface area contributed by atoms with Gasteiger partial charge in [-0.1, -0.05) is 0 Å². The van der Waals surface area contributed by atoms with Gasteiger partial charge in [0.05, 0.1) is 5.69 Å². The van der Waals surface area contributed by atoms with Gasteiger partial charge in [0.1, 0.15) is 0 Å². The van der Waals surface area contributed by atoms with Gasteiger partial charge in [0.2, 0.25) is 0 Å². The van der Waals surface area contributed by atoms with Gasteiger partial charge < -0.3 is 5.11 Å². The lowest BCUT2D eigenvalue weighted by atomic mass is 10.1. The third-order valence-corrected chi connectivity index (χ3v) is 2.47. The second kappa shape index (κ2) is 4.78. The van der Waals surface area contributed by atoms with Crippen LogP contribution in [0.3, 0.4) is 0 Å². The normalized spacial score (nSPS) is 10.4. The number of hydrogen-bond acceptors (Lipinski definition) is 3. The highest BCUT2D eigenvalue weighted by Gasteiger charge is 2.11. The Kier molecular flexibility index (Phi) is 3.18. The number of rotatable bonds is 4. The number of aryl methyl sites for hydroxylation is 2. The molecule has 0 aromatic carbocycles. The van der Waals surface area contributed by atoms with E-state index in [1.807, 2.05) is 25.4 Å². The Morgan fingerprint density at radius 1 is 1.41 bits per heavy atom. The molecule has 0 fully saturated rings. The molecule has 17 heavy (non-hydrogen) atoms. The fraction of sp³-hybridized carbons (Fsp3) is 0.250. The quantitative estimate of drug-likeness (QED) is 0.865. The average Bonchev–Trinajstić information content (AvgIpc) is 2.69. The van der Waals surface area contributed by atoms with E-state index < -0.39 is 5.97 Å². The molecule has 2 aromatic rings. The molecule has 2 rings (SSSR count). The Hall–Kier alpha value is -2.17. The van der Waals surface area contributed by atoms with Crippen molar-refractivity contribution >= 4 is 5.97 Å². The minimum Gasteiger partial charge on any atom is -0.481 e. The molecule has 0 aliphatic carbocycles. The standard InChI is InChI=1S/C12H13N3O2/c1-15-8-10(2-3-11(16)17)12(14-15)9-4-6-13-7-5-9/h4-8H,2-3H2,1H3,(H,16,17). The van der Waals surface area contributed by atoms with Crippen LogP contribution in [0.15, 0.2) is 30.7 Å². The Labute approximate surface area is 98.7 Å². The van der Waals surface area contributed by atoms with E-state index >= 15 is 0 Å². The summed E-state index contributed by atoms with van der Waals surface area (Å²) in [5, 5.41) is 13.1. The lowest BCUT2D eigenvalue weighted by Gasteiger charge is -2.00. The summed E-state index contributed by atoms with van der Waals surface area (Å²) in [4.78, 5) is 14.5. The first-order valence-electron chi connectivity index (χ1n) is 5.31. The average molecular weight is 231 g/mol. The van der Waals surface area contributed by atoms with Crippen molar-refractivity contribution in [2.24, 2.45) is 7.05 Å². The highest BCUT2D eigenvalue weighted by Crippen LogP contribution is 2.22. The molecular formula is C12H13N3O2. The van der Waals surface area contributed by atoms with Gasteiger partial charge in [0, 0.05) is 37.6 Å². The topological polar surface area (TPSA) is 68.0 Å². The van der Waals surface area contributed by atoms with E-state index in [-0.39, 0.29) is 6.42 Å². The third-order valence-electron chi connectivity index (χ3n) is 2.47. The lowest BCUT2D eigenvalue weighted by Crippen LogP contribution is -1.97. The van der Waals surface area contributed by atoms with E-state index in [1.165, 1.54) is 0 Å². The maximum atomic E-state index is 10.6. The SMILES string of the molecule is Cn1cc(CCC(=O)O)c(-c2ccncc2)n1. The fourth-order valence-electron chi connectivity index (χ4n) is 1.71. The fourth-order valence-corrected chi connectivity index (χ4v) is 1.71. The zero-order valence-corrected chi connectivity index (χ0v) is 9.50. The summed E-state index contributed by atoms with van der Waals surface area (Å²) in [5.41, 5.74) is 2.73. The van der Waals surface area contributed by atoms with Crippen LogP contribution in [0.25, 0.3) is 11.3 Å². The molecular weight excluding hydrogens is 218 g/mol. The van der Waals surface area contributed by atoms with Crippen molar-refractivity contribution in [3.63, 3.8) is 0 Å². The van der Waals surface area contributed by atoms with Gasteiger partial charge in [0.25, 0.3) is 0 Å². The number of pyridine rings is 1. The number of carbonyl (C=O) groups is 1. The molecule has 0 aliphatic heterocycles. The Morgan fingerprint density at radius 2 is 2.12 bits per heavy atom. The molecule has 0 unspecified atom stereocenters. The van der Waals surface area contributed by atoms with Crippen LogP contribution in [0.1, 0.15) is 12.0 Å². The number of hydrogen-bond donors (Lipinski definition) is 1. The van der Waals surface area contributed by atoms with Crippen LogP contribution in [0.4, 0.5) is 0 Å². The van der Waals surface area contributed by atoms with E-state index in [0.29, 0.717) is 6.42 Å². The minimum absolute atomic E-state index is 0.115. The van der Waals surface area contributed by atoms with E-state index in [1.54, 1.807) is 17.1 Å². The Morgan fingerprint density at radius 3 is 2.76 bits per heavy atom. The molecule has 2 aromatic heterocycles. The van der Waals surface area contributed by atoms with Crippen molar-refractivity contribution in [1.82, 2.24) is 14.8 Å². The molecule has 5 heteroatoms. The number of carboxylic acid groups (broad SMARTS) is 1. The van der Waals surface area contributed by atoms with Crippen molar-refractivity contribution in [2.75, 3.05) is 0 Å². The van der Waals surface area contributed by atoms with Gasteiger partial charge in [-0.05, 0) is 24.1 Å². The van der Waals surface area contributed by atoms with Crippen LogP contribution in [0.5, 0.6) is 0 Å². The van der Waals surface area contributed by atoms with Crippen molar-refractivity contribution in [3.8, 4) is 11.3 Å². The zero-order valence-electron chi connectivity index (χ0n) is 9.50. The highest BCUT2D eigenvalue weighted by atomic mass is 16.4. The molecule has 0 bridgehead atoms. The summed E-state index contributed by atoms with van der Waals surface area (Å²) in [6.45, 7) is 0. The second-order valence-electron chi connectivity index (χ2n) is 3.81. The van der Waals surface area contributed by atoms with Crippen LogP contribution in [-0.4, -0.2) is 25.8 Å². The number of carboxylic acids is 1. The number of nitrogens with zero attached hydrogens (tertiary/aromatic N) is 3. The number of aliphatic carboxylic acids is 1. The summed E-state index contributed by atoms with van der Waals surface area (Å²) >= 11 is 0. The van der Waals surface area contributed by atoms with Gasteiger partial charge in [0.15, 0.2) is 0 Å². The van der Waals surface area contributed by atoms with Crippen LogP contribution in [0.2, 0.25) is 0 Å². The van der Waals surface area contributed by atoms with Crippen molar-refractivity contribution in [3.05, 3.63) is 36.3 Å². The number of aromatic nitrogens is 3. The Bertz CT molecular complexity index is 520. The molecule has 0 atom stereocenters. The molecule has 0 spiro atoms. The molecule has 0 radical (unpaired) electrons. The van der Waals surface area contributed by atoms with Crippen molar-refractivity contribution in [2.45, 2.75) is 12.8 Å². The molecule has 2 heterocycles. The second-order valence-corrected chi connectivity index (χ2v) is 3.81. The molecule has 5 nitrogen and oxygen atoms in total. The van der Waals surface area contributed by atoms with E-state index in [9.17, 15) is 4.79 Å². The Balaban J connectivity index is 2.31. The molecule has 1 N–H and O–H groups in total. The summed E-state index contributed by atoms with van der Waals surface area (Å²) in [7, 11) is 1.83. The van der Waals surface area contributed by atoms with Gasteiger partial charge in [-0.3, -0.25) is 14.5 Å². The molecule has 0 saturated carbocycles. The highest BCUT2D eigenvalue weighted by molar-refractivity contribution is 5.68. The summed E-state index contributed by atoms with van der Waals surface area (Å²) in [6, 6.07) is 3.74. The first-order chi connectivity index (χ1) is 8.16. The zero-order chi connectivity index (χ0) is 12.3. The predicted octanol–water partition coefficient (Wildman–Crippen LogP) is 1.50. The maximum absolute atomic E-state index is 10.6. The predicted molar refractivity (Wildman–Crippen MR) is 62.4 cm³/mol. The molecule has 0 aliphatic rings. The lowest BCUT2D eigenvalue weighted by molar-refractivity contribution is -0.136. The van der Waals surface area contributed by atoms with Crippen LogP contribution >= 0.6 is 0 Å². The van der Waals surface area contributed by atoms with E-state index in [4.69, 9.17) is 5.11 Å². The summed E-state index contributed by atoms with van der Waals surface area (Å²) in [6.07, 6.45) is 5.86. The molecule has 0 amide bonds. The van der Waals surface area contributed by atoms with Crippen LogP contribution in [-0.2, 0) is 18.3 Å². The van der Waals surface area contributed by atoms with Gasteiger partial charge in [-0.2, -0.15) is 5.10 Å². The van der Waals surface area contributed by atoms with Gasteiger partial charge in [-0.15, -0.1) is 0 Å². The van der Waals surface area contributed by atoms with Crippen LogP contribution < -0.4 is 0 Å². The smallest absolute Gasteiger partial charge is 0.303 e. The first kappa shape index (κ1) is 11.3. The van der Waals surface area contributed by atoms with Crippen molar-refractivity contribution in [1.29, 1.82) is 0 Å². The monoisotopic (exact) mass is 231 g/mol. The minimum atomic E-state index is -0.797. The van der Waals surface area contributed by atoms with Crippen molar-refractivity contribution < 1.29 is 9.90 Å². The molecule has 88 valence electrons. The van der Waals surface area contributed by atoms with E-state index in [2.05, 4.69) is 10.1 Å².